The third-order valence-corrected chi connectivity index (χ3v) is 4.02. The first kappa shape index (κ1) is 16.0. The molecule has 0 aromatic heterocycles. The predicted octanol–water partition coefficient (Wildman–Crippen LogP) is 2.83. The minimum absolute atomic E-state index is 0.236. The molecule has 1 heterocycles. The van der Waals surface area contributed by atoms with E-state index in [1.165, 1.54) is 24.3 Å². The van der Waals surface area contributed by atoms with Crippen LogP contribution in [0.3, 0.4) is 0 Å². The quantitative estimate of drug-likeness (QED) is 0.878. The molecule has 0 spiro atoms. The maximum absolute atomic E-state index is 12.9. The first-order valence-corrected chi connectivity index (χ1v) is 7.60. The van der Waals surface area contributed by atoms with Crippen LogP contribution in [0.2, 0.25) is 0 Å². The fraction of sp³-hybridized carbons (Fsp3) is 0.222. The van der Waals surface area contributed by atoms with Gasteiger partial charge in [0.2, 0.25) is 11.8 Å². The average Bonchev–Trinajstić information content (AvgIpc) is 2.98. The predicted molar refractivity (Wildman–Crippen MR) is 88.5 cm³/mol. The molecule has 0 saturated carbocycles. The monoisotopic (exact) mass is 328 g/mol. The summed E-state index contributed by atoms with van der Waals surface area (Å²) in [5, 5.41) is 2.66. The lowest BCUT2D eigenvalue weighted by Gasteiger charge is -2.17. The second-order valence-electron chi connectivity index (χ2n) is 5.53. The number of hydrogen-bond acceptors (Lipinski definition) is 3. The van der Waals surface area contributed by atoms with E-state index in [-0.39, 0.29) is 17.6 Å². The van der Waals surface area contributed by atoms with Gasteiger partial charge in [0.25, 0.3) is 0 Å². The third-order valence-electron chi connectivity index (χ3n) is 4.02. The average molecular weight is 328 g/mol. The van der Waals surface area contributed by atoms with Gasteiger partial charge in [0.05, 0.1) is 7.11 Å². The zero-order valence-electron chi connectivity index (χ0n) is 13.2. The van der Waals surface area contributed by atoms with Crippen LogP contribution in [-0.2, 0) is 9.59 Å². The molecule has 2 amide bonds. The van der Waals surface area contributed by atoms with Crippen molar-refractivity contribution < 1.29 is 18.7 Å². The van der Waals surface area contributed by atoms with Crippen LogP contribution in [0.1, 0.15) is 6.42 Å². The van der Waals surface area contributed by atoms with Gasteiger partial charge in [0.1, 0.15) is 17.5 Å². The van der Waals surface area contributed by atoms with Crippen LogP contribution in [-0.4, -0.2) is 25.5 Å². The zero-order chi connectivity index (χ0) is 17.1. The van der Waals surface area contributed by atoms with Crippen molar-refractivity contribution >= 4 is 23.2 Å². The largest absolute Gasteiger partial charge is 0.497 e. The highest BCUT2D eigenvalue weighted by atomic mass is 19.1. The van der Waals surface area contributed by atoms with Crippen LogP contribution in [0.5, 0.6) is 5.75 Å². The van der Waals surface area contributed by atoms with Crippen molar-refractivity contribution in [2.45, 2.75) is 6.42 Å². The van der Waals surface area contributed by atoms with E-state index in [2.05, 4.69) is 5.32 Å². The Bertz CT molecular complexity index is 744. The van der Waals surface area contributed by atoms with Crippen molar-refractivity contribution in [2.75, 3.05) is 23.9 Å². The second kappa shape index (κ2) is 6.70. The lowest BCUT2D eigenvalue weighted by atomic mass is 10.1. The fourth-order valence-corrected chi connectivity index (χ4v) is 2.70. The van der Waals surface area contributed by atoms with E-state index >= 15 is 0 Å². The molecule has 0 radical (unpaired) electrons. The number of nitrogens with zero attached hydrogens (tertiary/aromatic N) is 1. The fourth-order valence-electron chi connectivity index (χ4n) is 2.70. The molecule has 1 saturated heterocycles. The van der Waals surface area contributed by atoms with E-state index in [1.807, 2.05) is 0 Å². The molecule has 124 valence electrons. The number of carbonyl (C=O) groups excluding carboxylic acids is 2. The van der Waals surface area contributed by atoms with Gasteiger partial charge in [-0.15, -0.1) is 0 Å². The number of rotatable bonds is 4. The summed E-state index contributed by atoms with van der Waals surface area (Å²) in [4.78, 5) is 26.4. The Morgan fingerprint density at radius 3 is 2.46 bits per heavy atom. The number of nitrogens with one attached hydrogen (secondary N) is 1. The van der Waals surface area contributed by atoms with E-state index in [0.717, 1.165) is 5.69 Å². The Labute approximate surface area is 139 Å². The number of carbonyl (C=O) groups is 2. The number of hydrogen-bond donors (Lipinski definition) is 1. The van der Waals surface area contributed by atoms with E-state index in [0.29, 0.717) is 24.4 Å². The Morgan fingerprint density at radius 2 is 1.83 bits per heavy atom. The Morgan fingerprint density at radius 1 is 1.17 bits per heavy atom. The van der Waals surface area contributed by atoms with Crippen LogP contribution in [0.4, 0.5) is 15.8 Å². The van der Waals surface area contributed by atoms with E-state index in [9.17, 15) is 14.0 Å². The van der Waals surface area contributed by atoms with E-state index in [4.69, 9.17) is 4.74 Å². The summed E-state index contributed by atoms with van der Waals surface area (Å²) in [6, 6.07) is 12.6. The Balaban J connectivity index is 1.68. The minimum Gasteiger partial charge on any atom is -0.497 e. The van der Waals surface area contributed by atoms with Crippen LogP contribution in [0, 0.1) is 11.7 Å². The molecule has 2 aromatic carbocycles. The molecule has 1 aliphatic rings. The summed E-state index contributed by atoms with van der Waals surface area (Å²) in [7, 11) is 1.58. The number of benzene rings is 2. The highest BCUT2D eigenvalue weighted by Gasteiger charge is 2.37. The van der Waals surface area contributed by atoms with Gasteiger partial charge >= 0.3 is 0 Å². The molecule has 3 rings (SSSR count). The van der Waals surface area contributed by atoms with Crippen LogP contribution in [0.15, 0.2) is 48.5 Å². The molecule has 1 atom stereocenters. The molecule has 5 nitrogen and oxygen atoms in total. The van der Waals surface area contributed by atoms with Crippen molar-refractivity contribution in [3.63, 3.8) is 0 Å². The summed E-state index contributed by atoms with van der Waals surface area (Å²) < 4.78 is 18.0. The summed E-state index contributed by atoms with van der Waals surface area (Å²) in [6.07, 6.45) is 0.442. The van der Waals surface area contributed by atoms with E-state index in [1.54, 1.807) is 36.3 Å². The standard InChI is InChI=1S/C18H17FN2O3/c1-24-15-8-6-14(7-9-15)21-11-10-16(18(21)23)17(22)20-13-4-2-12(19)3-5-13/h2-9,16H,10-11H2,1H3,(H,20,22). The first-order valence-electron chi connectivity index (χ1n) is 7.60. The molecular formula is C18H17FN2O3. The molecular weight excluding hydrogens is 311 g/mol. The lowest BCUT2D eigenvalue weighted by Crippen LogP contribution is -2.33. The van der Waals surface area contributed by atoms with Gasteiger partial charge in [0.15, 0.2) is 0 Å². The molecule has 1 N–H and O–H groups in total. The number of ether oxygens (including phenoxy) is 1. The smallest absolute Gasteiger partial charge is 0.239 e. The highest BCUT2D eigenvalue weighted by Crippen LogP contribution is 2.27. The molecule has 1 unspecified atom stereocenters. The van der Waals surface area contributed by atoms with Crippen LogP contribution >= 0.6 is 0 Å². The zero-order valence-corrected chi connectivity index (χ0v) is 13.2. The molecule has 1 aliphatic heterocycles. The van der Waals surface area contributed by atoms with Gasteiger partial charge < -0.3 is 15.0 Å². The normalized spacial score (nSPS) is 17.0. The van der Waals surface area contributed by atoms with Gasteiger partial charge in [-0.25, -0.2) is 4.39 Å². The maximum atomic E-state index is 12.9. The highest BCUT2D eigenvalue weighted by molar-refractivity contribution is 6.13. The third kappa shape index (κ3) is 3.22. The summed E-state index contributed by atoms with van der Waals surface area (Å²) in [5.41, 5.74) is 1.20. The Hall–Kier alpha value is -2.89. The first-order chi connectivity index (χ1) is 11.6. The van der Waals surface area contributed by atoms with Crippen molar-refractivity contribution in [1.29, 1.82) is 0 Å². The molecule has 0 bridgehead atoms. The molecule has 2 aromatic rings. The van der Waals surface area contributed by atoms with Gasteiger partial charge in [-0.2, -0.15) is 0 Å². The van der Waals surface area contributed by atoms with Crippen molar-refractivity contribution in [2.24, 2.45) is 5.92 Å². The molecule has 0 aliphatic carbocycles. The molecule has 6 heteroatoms. The van der Waals surface area contributed by atoms with Crippen molar-refractivity contribution in [3.8, 4) is 5.75 Å². The number of anilines is 2. The second-order valence-corrected chi connectivity index (χ2v) is 5.53. The van der Waals surface area contributed by atoms with Gasteiger partial charge in [-0.05, 0) is 55.0 Å². The van der Waals surface area contributed by atoms with Crippen molar-refractivity contribution in [1.82, 2.24) is 0 Å². The Kier molecular flexibility index (Phi) is 4.46. The SMILES string of the molecule is COc1ccc(N2CCC(C(=O)Nc3ccc(F)cc3)C2=O)cc1. The maximum Gasteiger partial charge on any atom is 0.239 e. The summed E-state index contributed by atoms with van der Waals surface area (Å²) in [6.45, 7) is 0.479. The number of halogens is 1. The number of methoxy groups -OCH3 is 1. The summed E-state index contributed by atoms with van der Waals surface area (Å²) >= 11 is 0. The van der Waals surface area contributed by atoms with Crippen LogP contribution in [0.25, 0.3) is 0 Å². The van der Waals surface area contributed by atoms with Gasteiger partial charge in [-0.1, -0.05) is 0 Å². The number of amides is 2. The summed E-state index contributed by atoms with van der Waals surface area (Å²) in [5.74, 6) is -1.02. The van der Waals surface area contributed by atoms with Crippen molar-refractivity contribution in [3.05, 3.63) is 54.3 Å². The minimum atomic E-state index is -0.739. The topological polar surface area (TPSA) is 58.6 Å². The molecule has 1 fully saturated rings. The van der Waals surface area contributed by atoms with E-state index < -0.39 is 5.92 Å². The van der Waals surface area contributed by atoms with Gasteiger partial charge in [-0.3, -0.25) is 9.59 Å². The molecule has 24 heavy (non-hydrogen) atoms. The van der Waals surface area contributed by atoms with Gasteiger partial charge in [0, 0.05) is 17.9 Å². The lowest BCUT2D eigenvalue weighted by molar-refractivity contribution is -0.129. The van der Waals surface area contributed by atoms with Crippen LogP contribution < -0.4 is 15.0 Å².